The van der Waals surface area contributed by atoms with Crippen LogP contribution in [-0.4, -0.2) is 16.8 Å². The summed E-state index contributed by atoms with van der Waals surface area (Å²) in [6.07, 6.45) is 0. The third kappa shape index (κ3) is 1.98. The molecular formula is C4H7N3O2. The van der Waals surface area contributed by atoms with Gasteiger partial charge in [-0.1, -0.05) is 5.22 Å². The first-order chi connectivity index (χ1) is 4.09. The maximum atomic E-state index is 10.3. The number of imide groups is 1. The van der Waals surface area contributed by atoms with Crippen molar-refractivity contribution in [2.24, 2.45) is 5.22 Å². The predicted octanol–water partition coefficient (Wildman–Crippen LogP) is 0.327. The van der Waals surface area contributed by atoms with Gasteiger partial charge < -0.3 is 0 Å². The van der Waals surface area contributed by atoms with Crippen LogP contribution in [0.15, 0.2) is 5.22 Å². The first-order valence-corrected chi connectivity index (χ1v) is 2.28. The lowest BCUT2D eigenvalue weighted by atomic mass is 10.6. The first kappa shape index (κ1) is 7.74. The quantitative estimate of drug-likeness (QED) is 0.409. The Hall–Kier alpha value is -1.26. The fourth-order valence-electron chi connectivity index (χ4n) is 0.363. The lowest BCUT2D eigenvalue weighted by Crippen LogP contribution is -2.26. The highest BCUT2D eigenvalue weighted by atomic mass is 16.2. The molecule has 9 heavy (non-hydrogen) atoms. The van der Waals surface area contributed by atoms with Gasteiger partial charge in [-0.3, -0.25) is 9.59 Å². The molecule has 1 N–H and O–H groups in total. The molecule has 2 amide bonds. The summed E-state index contributed by atoms with van der Waals surface area (Å²) in [7, 11) is 0. The highest BCUT2D eigenvalue weighted by Crippen LogP contribution is 1.89. The maximum Gasteiger partial charge on any atom is 0.248 e. The first-order valence-electron chi connectivity index (χ1n) is 2.28. The van der Waals surface area contributed by atoms with Crippen LogP contribution in [-0.2, 0) is 9.59 Å². The van der Waals surface area contributed by atoms with Crippen molar-refractivity contribution in [1.29, 1.82) is 5.53 Å². The van der Waals surface area contributed by atoms with Gasteiger partial charge in [0.25, 0.3) is 0 Å². The molecule has 5 heteroatoms. The topological polar surface area (TPSA) is 73.6 Å². The van der Waals surface area contributed by atoms with Crippen molar-refractivity contribution in [3.05, 3.63) is 0 Å². The van der Waals surface area contributed by atoms with Gasteiger partial charge in [0.1, 0.15) is 0 Å². The molecule has 0 aliphatic carbocycles. The summed E-state index contributed by atoms with van der Waals surface area (Å²) in [5, 5.41) is 3.14. The van der Waals surface area contributed by atoms with E-state index in [1.165, 1.54) is 13.8 Å². The van der Waals surface area contributed by atoms with Gasteiger partial charge in [0.05, 0.1) is 0 Å². The number of hydrogen-bond donors (Lipinski definition) is 1. The number of nitrogens with one attached hydrogen (secondary N) is 1. The molecule has 0 saturated carbocycles. The van der Waals surface area contributed by atoms with E-state index < -0.39 is 11.8 Å². The average molecular weight is 129 g/mol. The summed E-state index contributed by atoms with van der Waals surface area (Å²) in [6, 6.07) is 0. The largest absolute Gasteiger partial charge is 0.273 e. The van der Waals surface area contributed by atoms with E-state index in [1.54, 1.807) is 0 Å². The molecule has 0 unspecified atom stereocenters. The molecule has 0 atom stereocenters. The Morgan fingerprint density at radius 3 is 1.67 bits per heavy atom. The van der Waals surface area contributed by atoms with Crippen LogP contribution in [0.1, 0.15) is 13.8 Å². The van der Waals surface area contributed by atoms with Crippen molar-refractivity contribution in [2.75, 3.05) is 0 Å². The highest BCUT2D eigenvalue weighted by molar-refractivity contribution is 5.92. The van der Waals surface area contributed by atoms with Crippen molar-refractivity contribution in [3.8, 4) is 0 Å². The number of rotatable bonds is 1. The minimum absolute atomic E-state index is 0.472. The van der Waals surface area contributed by atoms with Gasteiger partial charge in [-0.25, -0.2) is 0 Å². The van der Waals surface area contributed by atoms with Crippen LogP contribution in [0.2, 0.25) is 0 Å². The normalized spacial score (nSPS) is 8.22. The molecule has 0 spiro atoms. The molecule has 0 bridgehead atoms. The average Bonchev–Trinajstić information content (AvgIpc) is 1.64. The van der Waals surface area contributed by atoms with E-state index in [9.17, 15) is 9.59 Å². The third-order valence-electron chi connectivity index (χ3n) is 0.697. The van der Waals surface area contributed by atoms with Crippen molar-refractivity contribution in [1.82, 2.24) is 5.01 Å². The van der Waals surface area contributed by atoms with E-state index in [-0.39, 0.29) is 0 Å². The van der Waals surface area contributed by atoms with Gasteiger partial charge >= 0.3 is 0 Å². The van der Waals surface area contributed by atoms with E-state index >= 15 is 0 Å². The Morgan fingerprint density at radius 2 is 1.67 bits per heavy atom. The van der Waals surface area contributed by atoms with Crippen LogP contribution in [0.25, 0.3) is 0 Å². The summed E-state index contributed by atoms with van der Waals surface area (Å²) in [4.78, 5) is 20.6. The molecule has 0 aromatic rings. The SMILES string of the molecule is CC(=O)N(N=N)C(C)=O. The Morgan fingerprint density at radius 1 is 1.33 bits per heavy atom. The molecule has 0 rings (SSSR count). The van der Waals surface area contributed by atoms with Crippen molar-refractivity contribution < 1.29 is 9.59 Å². The molecule has 50 valence electrons. The number of nitrogens with zero attached hydrogens (tertiary/aromatic N) is 2. The molecule has 0 heterocycles. The molecule has 0 aromatic heterocycles. The molecular weight excluding hydrogens is 122 g/mol. The van der Waals surface area contributed by atoms with Gasteiger partial charge in [0.2, 0.25) is 11.8 Å². The second-order valence-electron chi connectivity index (χ2n) is 1.45. The second-order valence-corrected chi connectivity index (χ2v) is 1.45. The fourth-order valence-corrected chi connectivity index (χ4v) is 0.363. The van der Waals surface area contributed by atoms with Crippen LogP contribution in [0.5, 0.6) is 0 Å². The van der Waals surface area contributed by atoms with E-state index in [1.807, 2.05) is 0 Å². The van der Waals surface area contributed by atoms with Crippen LogP contribution < -0.4 is 0 Å². The zero-order valence-corrected chi connectivity index (χ0v) is 5.21. The Kier molecular flexibility index (Phi) is 2.50. The summed E-state index contributed by atoms with van der Waals surface area (Å²) >= 11 is 0. The van der Waals surface area contributed by atoms with Crippen LogP contribution in [0.3, 0.4) is 0 Å². The number of carbonyl (C=O) groups excluding carboxylic acids is 2. The molecule has 0 aromatic carbocycles. The maximum absolute atomic E-state index is 10.3. The van der Waals surface area contributed by atoms with Crippen LogP contribution in [0.4, 0.5) is 0 Å². The van der Waals surface area contributed by atoms with E-state index in [4.69, 9.17) is 5.53 Å². The number of carbonyl (C=O) groups is 2. The molecule has 0 saturated heterocycles. The van der Waals surface area contributed by atoms with E-state index in [0.717, 1.165) is 0 Å². The minimum atomic E-state index is -0.544. The van der Waals surface area contributed by atoms with Gasteiger partial charge in [0.15, 0.2) is 0 Å². The van der Waals surface area contributed by atoms with Gasteiger partial charge in [0, 0.05) is 13.8 Å². The van der Waals surface area contributed by atoms with E-state index in [2.05, 4.69) is 5.22 Å². The van der Waals surface area contributed by atoms with Gasteiger partial charge in [-0.2, -0.15) is 5.53 Å². The highest BCUT2D eigenvalue weighted by Gasteiger charge is 2.10. The summed E-state index contributed by atoms with van der Waals surface area (Å²) < 4.78 is 0. The van der Waals surface area contributed by atoms with Crippen LogP contribution >= 0.6 is 0 Å². The van der Waals surface area contributed by atoms with Gasteiger partial charge in [-0.05, 0) is 0 Å². The molecule has 0 radical (unpaired) electrons. The summed E-state index contributed by atoms with van der Waals surface area (Å²) in [5.41, 5.74) is 6.33. The smallest absolute Gasteiger partial charge is 0.248 e. The second kappa shape index (κ2) is 2.91. The summed E-state index contributed by atoms with van der Waals surface area (Å²) in [6.45, 7) is 2.33. The van der Waals surface area contributed by atoms with Crippen LogP contribution in [0, 0.1) is 5.53 Å². The lowest BCUT2D eigenvalue weighted by Gasteiger charge is -2.04. The van der Waals surface area contributed by atoms with Crippen molar-refractivity contribution >= 4 is 11.8 Å². The lowest BCUT2D eigenvalue weighted by molar-refractivity contribution is -0.142. The fraction of sp³-hybridized carbons (Fsp3) is 0.500. The monoisotopic (exact) mass is 129 g/mol. The molecule has 5 nitrogen and oxygen atoms in total. The summed E-state index contributed by atoms with van der Waals surface area (Å²) in [5.74, 6) is -1.09. The number of hydrogen-bond acceptors (Lipinski definition) is 4. The molecule has 0 fully saturated rings. The number of amides is 2. The zero-order valence-electron chi connectivity index (χ0n) is 5.21. The van der Waals surface area contributed by atoms with Crippen molar-refractivity contribution in [2.45, 2.75) is 13.8 Å². The Bertz CT molecular complexity index is 140. The Labute approximate surface area is 52.1 Å². The predicted molar refractivity (Wildman–Crippen MR) is 28.3 cm³/mol. The Balaban J connectivity index is 4.16. The molecule has 0 aliphatic rings. The van der Waals surface area contributed by atoms with E-state index in [0.29, 0.717) is 5.01 Å². The zero-order chi connectivity index (χ0) is 7.44. The van der Waals surface area contributed by atoms with Crippen molar-refractivity contribution in [3.63, 3.8) is 0 Å². The molecule has 0 aliphatic heterocycles. The van der Waals surface area contributed by atoms with Gasteiger partial charge in [-0.15, -0.1) is 5.01 Å². The standard InChI is InChI=1S/C4H7N3O2/c1-3(8)7(6-5)4(2)9/h5H,1-2H3. The third-order valence-corrected chi connectivity index (χ3v) is 0.697. The minimum Gasteiger partial charge on any atom is -0.273 e.